The number of alkyl halides is 2. The molecule has 2 heterocycles. The Morgan fingerprint density at radius 1 is 1.15 bits per heavy atom. The van der Waals surface area contributed by atoms with Crippen LogP contribution in [0.5, 0.6) is 0 Å². The number of aliphatic hydroxyl groups is 1. The number of ketones is 1. The van der Waals surface area contributed by atoms with E-state index in [1.165, 1.54) is 18.2 Å². The second kappa shape index (κ2) is 8.57. The normalized spacial score (nSPS) is 17.9. The molecule has 2 aromatic rings. The first-order chi connectivity index (χ1) is 16.0. The van der Waals surface area contributed by atoms with Crippen molar-refractivity contribution in [3.63, 3.8) is 0 Å². The minimum Gasteiger partial charge on any atom is -0.394 e. The van der Waals surface area contributed by atoms with Gasteiger partial charge in [0, 0.05) is 30.8 Å². The van der Waals surface area contributed by atoms with Crippen LogP contribution >= 0.6 is 0 Å². The Morgan fingerprint density at radius 3 is 2.47 bits per heavy atom. The van der Waals surface area contributed by atoms with Gasteiger partial charge in [-0.05, 0) is 62.4 Å². The van der Waals surface area contributed by atoms with Gasteiger partial charge < -0.3 is 20.3 Å². The number of Topliss-reactive ketones (excluding diaryl/α,β-unsaturated/α-hetero) is 1. The van der Waals surface area contributed by atoms with E-state index < -0.39 is 54.3 Å². The molecule has 3 N–H and O–H groups in total. The van der Waals surface area contributed by atoms with Crippen LogP contribution in [0.25, 0.3) is 0 Å². The molecule has 1 aromatic carbocycles. The molecule has 0 atom stereocenters. The molecular weight excluding hydrogens is 451 g/mol. The summed E-state index contributed by atoms with van der Waals surface area (Å²) >= 11 is 0. The van der Waals surface area contributed by atoms with E-state index in [9.17, 15) is 32.7 Å². The van der Waals surface area contributed by atoms with Gasteiger partial charge in [0.15, 0.2) is 0 Å². The van der Waals surface area contributed by atoms with Crippen molar-refractivity contribution in [2.75, 3.05) is 11.9 Å². The zero-order valence-electron chi connectivity index (χ0n) is 18.9. The highest BCUT2D eigenvalue weighted by Gasteiger charge is 2.57. The predicted molar refractivity (Wildman–Crippen MR) is 118 cm³/mol. The van der Waals surface area contributed by atoms with Gasteiger partial charge in [0.05, 0.1) is 23.4 Å². The topological polar surface area (TPSA) is 100 Å². The highest BCUT2D eigenvalue weighted by Crippen LogP contribution is 2.45. The minimum absolute atomic E-state index is 0.0341. The molecule has 2 aliphatic rings. The number of nitrogens with zero attached hydrogens (tertiary/aromatic N) is 1. The molecule has 1 aromatic heterocycles. The fraction of sp³-hybridized carbons (Fsp3) is 0.458. The van der Waals surface area contributed by atoms with Crippen molar-refractivity contribution in [3.8, 4) is 0 Å². The van der Waals surface area contributed by atoms with Gasteiger partial charge in [0.1, 0.15) is 5.82 Å². The molecule has 1 saturated carbocycles. The van der Waals surface area contributed by atoms with E-state index in [1.54, 1.807) is 18.4 Å². The number of anilines is 1. The van der Waals surface area contributed by atoms with Crippen LogP contribution in [-0.2, 0) is 17.8 Å². The van der Waals surface area contributed by atoms with Gasteiger partial charge in [-0.2, -0.15) is 0 Å². The third kappa shape index (κ3) is 4.22. The molecule has 0 unspecified atom stereocenters. The van der Waals surface area contributed by atoms with E-state index in [0.29, 0.717) is 35.5 Å². The minimum atomic E-state index is -3.01. The van der Waals surface area contributed by atoms with Gasteiger partial charge >= 0.3 is 0 Å². The smallest absolute Gasteiger partial charge is 0.294 e. The number of halogens is 3. The van der Waals surface area contributed by atoms with E-state index in [-0.39, 0.29) is 11.3 Å². The monoisotopic (exact) mass is 477 g/mol. The summed E-state index contributed by atoms with van der Waals surface area (Å²) in [5.41, 5.74) is 0.438. The molecule has 7 nitrogen and oxygen atoms in total. The zero-order valence-corrected chi connectivity index (χ0v) is 18.9. The number of carbonyl (C=O) groups is 3. The highest BCUT2D eigenvalue weighted by atomic mass is 19.3. The standard InChI is InChI=1S/C24H26F3N3O4/c1-13-9-15(6-7-16(13)25)28-21(33)18-14(2)19(30-8-4-3-5-17(18)30)20(32)22(34)29-23(12-31)10-24(26,27)11-23/h6-7,9,31H,3-5,8,10-12H2,1-2H3,(H,28,33)(H,29,34). The number of hydrogen-bond donors (Lipinski definition) is 3. The van der Waals surface area contributed by atoms with Crippen LogP contribution in [0.4, 0.5) is 18.9 Å². The molecule has 0 saturated heterocycles. The Hall–Kier alpha value is -3.14. The van der Waals surface area contributed by atoms with Crippen molar-refractivity contribution < 1.29 is 32.7 Å². The number of aromatic nitrogens is 1. The Kier molecular flexibility index (Phi) is 6.05. The molecule has 4 rings (SSSR count). The fourth-order valence-electron chi connectivity index (χ4n) is 4.97. The van der Waals surface area contributed by atoms with Crippen LogP contribution < -0.4 is 10.6 Å². The number of aryl methyl sites for hydroxylation is 1. The number of benzene rings is 1. The Labute approximate surface area is 194 Å². The van der Waals surface area contributed by atoms with Gasteiger partial charge in [0.2, 0.25) is 0 Å². The molecule has 1 aliphatic carbocycles. The summed E-state index contributed by atoms with van der Waals surface area (Å²) in [6.45, 7) is 2.85. The largest absolute Gasteiger partial charge is 0.394 e. The zero-order chi connectivity index (χ0) is 24.8. The number of aliphatic hydroxyl groups excluding tert-OH is 1. The molecule has 10 heteroatoms. The van der Waals surface area contributed by atoms with Crippen LogP contribution in [-0.4, -0.2) is 45.3 Å². The molecule has 0 spiro atoms. The lowest BCUT2D eigenvalue weighted by atomic mass is 9.74. The highest BCUT2D eigenvalue weighted by molar-refractivity contribution is 6.43. The SMILES string of the molecule is Cc1cc(NC(=O)c2c(C)c(C(=O)C(=O)NC3(CO)CC(F)(F)C3)n3c2CCCC3)ccc1F. The molecule has 1 fully saturated rings. The third-order valence-corrected chi connectivity index (χ3v) is 6.60. The van der Waals surface area contributed by atoms with Gasteiger partial charge in [-0.25, -0.2) is 13.2 Å². The summed E-state index contributed by atoms with van der Waals surface area (Å²) in [7, 11) is 0. The number of carbonyl (C=O) groups excluding carboxylic acids is 3. The van der Waals surface area contributed by atoms with Crippen molar-refractivity contribution in [1.29, 1.82) is 0 Å². The lowest BCUT2D eigenvalue weighted by Crippen LogP contribution is -2.65. The number of fused-ring (bicyclic) bond motifs is 1. The van der Waals surface area contributed by atoms with Crippen molar-refractivity contribution in [3.05, 3.63) is 52.1 Å². The van der Waals surface area contributed by atoms with E-state index in [1.807, 2.05) is 0 Å². The van der Waals surface area contributed by atoms with Crippen LogP contribution in [0, 0.1) is 19.7 Å². The Morgan fingerprint density at radius 2 is 1.85 bits per heavy atom. The molecule has 2 amide bonds. The summed E-state index contributed by atoms with van der Waals surface area (Å²) in [5.74, 6) is -5.94. The maximum Gasteiger partial charge on any atom is 0.294 e. The van der Waals surface area contributed by atoms with E-state index >= 15 is 0 Å². The number of nitrogens with one attached hydrogen (secondary N) is 2. The Balaban J connectivity index is 1.63. The summed E-state index contributed by atoms with van der Waals surface area (Å²) in [4.78, 5) is 39.0. The number of hydrogen-bond acceptors (Lipinski definition) is 4. The summed E-state index contributed by atoms with van der Waals surface area (Å²) < 4.78 is 42.0. The van der Waals surface area contributed by atoms with Crippen molar-refractivity contribution in [1.82, 2.24) is 9.88 Å². The third-order valence-electron chi connectivity index (χ3n) is 6.60. The maximum absolute atomic E-state index is 13.6. The van der Waals surface area contributed by atoms with Crippen LogP contribution in [0.2, 0.25) is 0 Å². The average Bonchev–Trinajstić information content (AvgIpc) is 3.05. The molecule has 0 bridgehead atoms. The van der Waals surface area contributed by atoms with Crippen molar-refractivity contribution >= 4 is 23.3 Å². The maximum atomic E-state index is 13.6. The van der Waals surface area contributed by atoms with Gasteiger partial charge in [-0.3, -0.25) is 14.4 Å². The fourth-order valence-corrected chi connectivity index (χ4v) is 4.97. The van der Waals surface area contributed by atoms with Gasteiger partial charge in [-0.15, -0.1) is 0 Å². The second-order valence-electron chi connectivity index (χ2n) is 9.25. The molecule has 182 valence electrons. The van der Waals surface area contributed by atoms with Crippen LogP contribution in [0.1, 0.15) is 63.4 Å². The van der Waals surface area contributed by atoms with E-state index in [0.717, 1.165) is 12.8 Å². The lowest BCUT2D eigenvalue weighted by molar-refractivity contribution is -0.154. The first-order valence-electron chi connectivity index (χ1n) is 11.1. The molecule has 1 aliphatic heterocycles. The quantitative estimate of drug-likeness (QED) is 0.439. The molecule has 0 radical (unpaired) electrons. The van der Waals surface area contributed by atoms with Crippen LogP contribution in [0.3, 0.4) is 0 Å². The first kappa shape index (κ1) is 24.0. The Bertz CT molecular complexity index is 1180. The summed E-state index contributed by atoms with van der Waals surface area (Å²) in [6, 6.07) is 4.17. The first-order valence-corrected chi connectivity index (χ1v) is 11.1. The molecule has 34 heavy (non-hydrogen) atoms. The average molecular weight is 477 g/mol. The summed E-state index contributed by atoms with van der Waals surface area (Å²) in [6.07, 6.45) is 0.570. The van der Waals surface area contributed by atoms with E-state index in [2.05, 4.69) is 10.6 Å². The number of rotatable bonds is 6. The lowest BCUT2D eigenvalue weighted by Gasteiger charge is -2.46. The second-order valence-corrected chi connectivity index (χ2v) is 9.25. The van der Waals surface area contributed by atoms with E-state index in [4.69, 9.17) is 0 Å². The summed E-state index contributed by atoms with van der Waals surface area (Å²) in [5, 5.41) is 14.5. The van der Waals surface area contributed by atoms with Crippen LogP contribution in [0.15, 0.2) is 18.2 Å². The van der Waals surface area contributed by atoms with Crippen molar-refractivity contribution in [2.24, 2.45) is 0 Å². The predicted octanol–water partition coefficient (Wildman–Crippen LogP) is 3.29. The van der Waals surface area contributed by atoms with Crippen molar-refractivity contribution in [2.45, 2.75) is 64.0 Å². The van der Waals surface area contributed by atoms with Gasteiger partial charge in [-0.1, -0.05) is 0 Å². The van der Waals surface area contributed by atoms with Gasteiger partial charge in [0.25, 0.3) is 23.5 Å². The molecular formula is C24H26F3N3O4. The number of amides is 2.